The normalized spacial score (nSPS) is 14.6. The zero-order valence-electron chi connectivity index (χ0n) is 22.1. The molecule has 5 heterocycles. The Hall–Kier alpha value is -4.34. The summed E-state index contributed by atoms with van der Waals surface area (Å²) in [5, 5.41) is 21.4. The molecule has 6 aromatic rings. The quantitative estimate of drug-likeness (QED) is 0.169. The summed E-state index contributed by atoms with van der Waals surface area (Å²) in [6, 6.07) is 7.65. The summed E-state index contributed by atoms with van der Waals surface area (Å²) in [6.07, 6.45) is 5.61. The molecule has 0 bridgehead atoms. The number of nitrogens with two attached hydrogens (primary N) is 1. The van der Waals surface area contributed by atoms with Crippen molar-refractivity contribution in [2.45, 2.75) is 32.6 Å². The first-order chi connectivity index (χ1) is 20.4. The summed E-state index contributed by atoms with van der Waals surface area (Å²) in [7, 11) is 0. The molecule has 2 aliphatic rings. The van der Waals surface area contributed by atoms with Gasteiger partial charge in [-0.15, -0.1) is 0 Å². The third-order valence-corrected chi connectivity index (χ3v) is 9.19. The van der Waals surface area contributed by atoms with Gasteiger partial charge in [0, 0.05) is 22.4 Å². The Morgan fingerprint density at radius 3 is 2.31 bits per heavy atom. The first-order valence-electron chi connectivity index (χ1n) is 13.2. The summed E-state index contributed by atoms with van der Waals surface area (Å²) in [5.74, 6) is 1.58. The average Bonchev–Trinajstić information content (AvgIpc) is 3.82. The fraction of sp³-hybridized carbons (Fsp3) is 0.269. The second kappa shape index (κ2) is 10.5. The third kappa shape index (κ3) is 5.10. The lowest BCUT2D eigenvalue weighted by atomic mass is 10.1. The van der Waals surface area contributed by atoms with Crippen LogP contribution in [0, 0.1) is 18.8 Å². The summed E-state index contributed by atoms with van der Waals surface area (Å²) >= 11 is 9.15. The Bertz CT molecular complexity index is 1960. The smallest absolute Gasteiger partial charge is 0.229 e. The molecule has 0 aliphatic heterocycles. The van der Waals surface area contributed by atoms with Gasteiger partial charge >= 0.3 is 0 Å². The largest absolute Gasteiger partial charge is 0.383 e. The number of carbonyl (C=O) groups excluding carboxylic acids is 2. The van der Waals surface area contributed by atoms with Gasteiger partial charge in [0.05, 0.1) is 11.4 Å². The number of imidazole rings is 1. The first-order valence-corrected chi connectivity index (χ1v) is 15.2. The van der Waals surface area contributed by atoms with Gasteiger partial charge in [-0.05, 0) is 38.7 Å². The Balaban J connectivity index is 0.000000162. The molecule has 0 radical (unpaired) electrons. The molecule has 0 atom stereocenters. The van der Waals surface area contributed by atoms with Gasteiger partial charge in [-0.3, -0.25) is 24.4 Å². The van der Waals surface area contributed by atoms with Crippen molar-refractivity contribution in [3.63, 3.8) is 0 Å². The Morgan fingerprint density at radius 1 is 0.976 bits per heavy atom. The number of nitrogens with zero attached hydrogens (tertiary/aromatic N) is 6. The van der Waals surface area contributed by atoms with Crippen LogP contribution >= 0.6 is 34.3 Å². The topological polar surface area (TPSA) is 185 Å². The molecular weight excluding hydrogens is 598 g/mol. The molecule has 6 N–H and O–H groups in total. The summed E-state index contributed by atoms with van der Waals surface area (Å²) in [4.78, 5) is 36.5. The zero-order chi connectivity index (χ0) is 29.0. The number of hydrogen-bond acceptors (Lipinski definition) is 10. The molecule has 2 amide bonds. The number of nitrogens with one attached hydrogen (secondary N) is 4. The van der Waals surface area contributed by atoms with Crippen LogP contribution in [0.4, 0.5) is 16.1 Å². The van der Waals surface area contributed by atoms with E-state index in [1.807, 2.05) is 35.8 Å². The maximum absolute atomic E-state index is 12.0. The number of benzene rings is 1. The molecule has 42 heavy (non-hydrogen) atoms. The number of rotatable bonds is 6. The van der Waals surface area contributed by atoms with Gasteiger partial charge in [0.2, 0.25) is 11.8 Å². The first kappa shape index (κ1) is 26.6. The van der Waals surface area contributed by atoms with Crippen LogP contribution in [0.15, 0.2) is 30.6 Å². The number of aromatic nitrogens is 8. The van der Waals surface area contributed by atoms with Gasteiger partial charge in [-0.2, -0.15) is 15.2 Å². The molecule has 0 unspecified atom stereocenters. The number of hydrogen-bond donors (Lipinski definition) is 5. The van der Waals surface area contributed by atoms with E-state index in [-0.39, 0.29) is 23.7 Å². The Kier molecular flexibility index (Phi) is 6.63. The maximum Gasteiger partial charge on any atom is 0.229 e. The van der Waals surface area contributed by atoms with Crippen molar-refractivity contribution >= 4 is 82.9 Å². The maximum atomic E-state index is 12.0. The Morgan fingerprint density at radius 2 is 1.64 bits per heavy atom. The molecule has 2 fully saturated rings. The van der Waals surface area contributed by atoms with E-state index in [1.165, 1.54) is 22.7 Å². The number of halogens is 1. The third-order valence-electron chi connectivity index (χ3n) is 6.90. The number of nitrogen functional groups attached to an aromatic ring is 1. The number of fused-ring (bicyclic) bond motifs is 2. The number of anilines is 3. The highest BCUT2D eigenvalue weighted by molar-refractivity contribution is 7.23. The van der Waals surface area contributed by atoms with Crippen molar-refractivity contribution < 1.29 is 9.59 Å². The highest BCUT2D eigenvalue weighted by Gasteiger charge is 2.31. The molecule has 16 heteroatoms. The molecule has 13 nitrogen and oxygen atoms in total. The van der Waals surface area contributed by atoms with E-state index in [2.05, 4.69) is 46.0 Å². The van der Waals surface area contributed by atoms with E-state index < -0.39 is 0 Å². The van der Waals surface area contributed by atoms with Crippen LogP contribution in [0.1, 0.15) is 31.4 Å². The molecular formula is C26H24ClN11O2S2. The fourth-order valence-corrected chi connectivity index (χ4v) is 6.33. The van der Waals surface area contributed by atoms with Crippen molar-refractivity contribution in [1.29, 1.82) is 0 Å². The van der Waals surface area contributed by atoms with Gasteiger partial charge in [-0.1, -0.05) is 52.5 Å². The lowest BCUT2D eigenvalue weighted by molar-refractivity contribution is -0.118. The monoisotopic (exact) mass is 621 g/mol. The second-order valence-corrected chi connectivity index (χ2v) is 12.5. The van der Waals surface area contributed by atoms with Crippen LogP contribution in [0.5, 0.6) is 0 Å². The molecule has 2 saturated carbocycles. The molecule has 0 spiro atoms. The molecule has 2 aliphatic carbocycles. The number of aromatic amines is 2. The van der Waals surface area contributed by atoms with E-state index in [0.29, 0.717) is 38.2 Å². The van der Waals surface area contributed by atoms with E-state index in [1.54, 1.807) is 6.33 Å². The number of amides is 2. The Labute approximate surface area is 250 Å². The minimum atomic E-state index is 0.0381. The van der Waals surface area contributed by atoms with Gasteiger partial charge < -0.3 is 16.4 Å². The molecule has 5 aromatic heterocycles. The van der Waals surface area contributed by atoms with Crippen LogP contribution in [-0.4, -0.2) is 51.7 Å². The van der Waals surface area contributed by atoms with E-state index >= 15 is 0 Å². The minimum absolute atomic E-state index is 0.0381. The molecule has 0 saturated heterocycles. The van der Waals surface area contributed by atoms with Crippen molar-refractivity contribution in [1.82, 2.24) is 39.9 Å². The predicted octanol–water partition coefficient (Wildman–Crippen LogP) is 5.13. The standard InChI is InChI=1S/C18H15ClN6OS.C8H9N5OS/c1-9-13(11-4-2-3-5-12(11)19)25(8-20-9)16-14-15(23-24-16)21-18(27-14)22-17(26)10-6-7-10;9-5-4-6(13-12-5)10-8(15-4)11-7(14)3-1-2-3/h2-5,8,10H,6-7H2,1H3,(H2,21,22,23,24,26);3H,1-2H2,(H4,9,10,11,12,13,14). The van der Waals surface area contributed by atoms with Crippen LogP contribution < -0.4 is 16.4 Å². The lowest BCUT2D eigenvalue weighted by Crippen LogP contribution is -2.12. The van der Waals surface area contributed by atoms with E-state index in [4.69, 9.17) is 17.3 Å². The van der Waals surface area contributed by atoms with Gasteiger partial charge in [0.1, 0.15) is 21.5 Å². The van der Waals surface area contributed by atoms with Crippen LogP contribution in [0.25, 0.3) is 37.8 Å². The number of carbonyl (C=O) groups is 2. The average molecular weight is 622 g/mol. The SMILES string of the molecule is Cc1ncn(-c2n[nH]c3nc(NC(=O)C4CC4)sc23)c1-c1ccccc1Cl.Nc1[nH]nc2nc(NC(=O)C3CC3)sc12. The van der Waals surface area contributed by atoms with E-state index in [0.717, 1.165) is 52.0 Å². The fourth-order valence-electron chi connectivity index (χ4n) is 4.38. The summed E-state index contributed by atoms with van der Waals surface area (Å²) in [5.41, 5.74) is 9.45. The van der Waals surface area contributed by atoms with E-state index in [9.17, 15) is 9.59 Å². The van der Waals surface area contributed by atoms with Crippen LogP contribution in [0.2, 0.25) is 5.02 Å². The van der Waals surface area contributed by atoms with Crippen LogP contribution in [0.3, 0.4) is 0 Å². The predicted molar refractivity (Wildman–Crippen MR) is 163 cm³/mol. The summed E-state index contributed by atoms with van der Waals surface area (Å²) < 4.78 is 3.55. The van der Waals surface area contributed by atoms with Crippen LogP contribution in [-0.2, 0) is 9.59 Å². The molecule has 8 rings (SSSR count). The van der Waals surface area contributed by atoms with Gasteiger partial charge in [0.15, 0.2) is 27.4 Å². The van der Waals surface area contributed by atoms with Gasteiger partial charge in [0.25, 0.3) is 0 Å². The minimum Gasteiger partial charge on any atom is -0.383 e. The highest BCUT2D eigenvalue weighted by Crippen LogP contribution is 2.37. The van der Waals surface area contributed by atoms with Crippen molar-refractivity contribution in [2.75, 3.05) is 16.4 Å². The summed E-state index contributed by atoms with van der Waals surface area (Å²) in [6.45, 7) is 1.94. The molecule has 1 aromatic carbocycles. The van der Waals surface area contributed by atoms with Gasteiger partial charge in [-0.25, -0.2) is 9.97 Å². The van der Waals surface area contributed by atoms with Crippen molar-refractivity contribution in [3.05, 3.63) is 41.3 Å². The lowest BCUT2D eigenvalue weighted by Gasteiger charge is -2.08. The number of H-pyrrole nitrogens is 2. The number of thiazole rings is 2. The highest BCUT2D eigenvalue weighted by atomic mass is 35.5. The zero-order valence-corrected chi connectivity index (χ0v) is 24.5. The number of aryl methyl sites for hydroxylation is 1. The second-order valence-electron chi connectivity index (χ2n) is 10.1. The van der Waals surface area contributed by atoms with Crippen molar-refractivity contribution in [3.8, 4) is 17.1 Å². The molecule has 214 valence electrons. The van der Waals surface area contributed by atoms with Crippen molar-refractivity contribution in [2.24, 2.45) is 11.8 Å².